The SMILES string of the molecule is CCC(CN)CCN1CC(C)C(N(C)C)C1. The maximum Gasteiger partial charge on any atom is 0.0254 e. The summed E-state index contributed by atoms with van der Waals surface area (Å²) in [5.41, 5.74) is 5.74. The van der Waals surface area contributed by atoms with E-state index in [4.69, 9.17) is 5.73 Å². The van der Waals surface area contributed by atoms with Crippen molar-refractivity contribution in [3.05, 3.63) is 0 Å². The summed E-state index contributed by atoms with van der Waals surface area (Å²) in [4.78, 5) is 4.97. The molecular formula is C13H29N3. The van der Waals surface area contributed by atoms with Crippen LogP contribution in [-0.2, 0) is 0 Å². The van der Waals surface area contributed by atoms with E-state index in [0.29, 0.717) is 5.92 Å². The highest BCUT2D eigenvalue weighted by Crippen LogP contribution is 2.21. The Morgan fingerprint density at radius 3 is 2.50 bits per heavy atom. The number of rotatable bonds is 6. The number of nitrogens with zero attached hydrogens (tertiary/aromatic N) is 2. The van der Waals surface area contributed by atoms with Crippen molar-refractivity contribution in [2.75, 3.05) is 40.3 Å². The Bertz CT molecular complexity index is 190. The van der Waals surface area contributed by atoms with E-state index in [1.54, 1.807) is 0 Å². The molecule has 16 heavy (non-hydrogen) atoms. The second-order valence-electron chi connectivity index (χ2n) is 5.57. The highest BCUT2D eigenvalue weighted by Gasteiger charge is 2.30. The van der Waals surface area contributed by atoms with Crippen molar-refractivity contribution < 1.29 is 0 Å². The molecule has 0 spiro atoms. The molecule has 1 aliphatic heterocycles. The molecular weight excluding hydrogens is 198 g/mol. The molecule has 1 fully saturated rings. The van der Waals surface area contributed by atoms with Gasteiger partial charge in [-0.15, -0.1) is 0 Å². The van der Waals surface area contributed by atoms with Crippen LogP contribution in [0.5, 0.6) is 0 Å². The minimum atomic E-state index is 0.716. The summed E-state index contributed by atoms with van der Waals surface area (Å²) in [6, 6.07) is 0.734. The molecule has 2 N–H and O–H groups in total. The van der Waals surface area contributed by atoms with Crippen LogP contribution in [0, 0.1) is 11.8 Å². The van der Waals surface area contributed by atoms with Gasteiger partial charge in [-0.2, -0.15) is 0 Å². The molecule has 0 amide bonds. The topological polar surface area (TPSA) is 32.5 Å². The van der Waals surface area contributed by atoms with Crippen LogP contribution in [0.3, 0.4) is 0 Å². The average Bonchev–Trinajstić information content (AvgIpc) is 2.61. The van der Waals surface area contributed by atoms with Gasteiger partial charge >= 0.3 is 0 Å². The molecule has 0 bridgehead atoms. The predicted molar refractivity (Wildman–Crippen MR) is 70.5 cm³/mol. The molecule has 1 rings (SSSR count). The molecule has 1 heterocycles. The second kappa shape index (κ2) is 6.58. The number of hydrogen-bond acceptors (Lipinski definition) is 3. The Balaban J connectivity index is 2.30. The van der Waals surface area contributed by atoms with Crippen molar-refractivity contribution in [1.29, 1.82) is 0 Å². The molecule has 0 radical (unpaired) electrons. The van der Waals surface area contributed by atoms with Crippen molar-refractivity contribution in [2.24, 2.45) is 17.6 Å². The Labute approximate surface area is 101 Å². The minimum Gasteiger partial charge on any atom is -0.330 e. The van der Waals surface area contributed by atoms with E-state index in [9.17, 15) is 0 Å². The maximum atomic E-state index is 5.74. The summed E-state index contributed by atoms with van der Waals surface area (Å²) in [6.45, 7) is 9.16. The molecule has 0 aromatic carbocycles. The van der Waals surface area contributed by atoms with Gasteiger partial charge in [-0.3, -0.25) is 0 Å². The predicted octanol–water partition coefficient (Wildman–Crippen LogP) is 1.24. The maximum absolute atomic E-state index is 5.74. The zero-order chi connectivity index (χ0) is 12.1. The van der Waals surface area contributed by atoms with Gasteiger partial charge in [-0.25, -0.2) is 0 Å². The van der Waals surface area contributed by atoms with Crippen LogP contribution in [0.1, 0.15) is 26.7 Å². The molecule has 0 aromatic rings. The van der Waals surface area contributed by atoms with Crippen molar-refractivity contribution >= 4 is 0 Å². The van der Waals surface area contributed by atoms with Crippen LogP contribution in [0.25, 0.3) is 0 Å². The van der Waals surface area contributed by atoms with Gasteiger partial charge in [0.2, 0.25) is 0 Å². The number of hydrogen-bond donors (Lipinski definition) is 1. The first kappa shape index (κ1) is 13.9. The van der Waals surface area contributed by atoms with Gasteiger partial charge in [0.15, 0.2) is 0 Å². The first-order valence-electron chi connectivity index (χ1n) is 6.67. The fourth-order valence-corrected chi connectivity index (χ4v) is 2.76. The fraction of sp³-hybridized carbons (Fsp3) is 1.00. The van der Waals surface area contributed by atoms with Crippen molar-refractivity contribution in [3.63, 3.8) is 0 Å². The van der Waals surface area contributed by atoms with Crippen LogP contribution in [0.2, 0.25) is 0 Å². The van der Waals surface area contributed by atoms with E-state index < -0.39 is 0 Å². The zero-order valence-electron chi connectivity index (χ0n) is 11.4. The van der Waals surface area contributed by atoms with Gasteiger partial charge < -0.3 is 15.5 Å². The van der Waals surface area contributed by atoms with Gasteiger partial charge in [0, 0.05) is 19.1 Å². The number of likely N-dealkylation sites (tertiary alicyclic amines) is 1. The smallest absolute Gasteiger partial charge is 0.0254 e. The van der Waals surface area contributed by atoms with E-state index in [2.05, 4.69) is 37.7 Å². The van der Waals surface area contributed by atoms with Crippen LogP contribution < -0.4 is 5.73 Å². The normalized spacial score (nSPS) is 28.9. The van der Waals surface area contributed by atoms with Crippen LogP contribution in [0.15, 0.2) is 0 Å². The van der Waals surface area contributed by atoms with Gasteiger partial charge in [0.1, 0.15) is 0 Å². The van der Waals surface area contributed by atoms with E-state index in [1.807, 2.05) is 0 Å². The molecule has 3 atom stereocenters. The summed E-state index contributed by atoms with van der Waals surface area (Å²) in [5.74, 6) is 1.52. The summed E-state index contributed by atoms with van der Waals surface area (Å²) in [7, 11) is 4.39. The second-order valence-corrected chi connectivity index (χ2v) is 5.57. The van der Waals surface area contributed by atoms with E-state index >= 15 is 0 Å². The summed E-state index contributed by atoms with van der Waals surface area (Å²) >= 11 is 0. The third-order valence-corrected chi connectivity index (χ3v) is 4.08. The van der Waals surface area contributed by atoms with Gasteiger partial charge in [-0.1, -0.05) is 20.3 Å². The molecule has 3 unspecified atom stereocenters. The monoisotopic (exact) mass is 227 g/mol. The minimum absolute atomic E-state index is 0.716. The quantitative estimate of drug-likeness (QED) is 0.741. The fourth-order valence-electron chi connectivity index (χ4n) is 2.76. The molecule has 3 nitrogen and oxygen atoms in total. The van der Waals surface area contributed by atoms with Crippen molar-refractivity contribution in [1.82, 2.24) is 9.80 Å². The standard InChI is InChI=1S/C13H29N3/c1-5-12(8-14)6-7-16-9-11(2)13(10-16)15(3)4/h11-13H,5-10,14H2,1-4H3. The van der Waals surface area contributed by atoms with Gasteiger partial charge in [0.05, 0.1) is 0 Å². The van der Waals surface area contributed by atoms with Crippen LogP contribution >= 0.6 is 0 Å². The van der Waals surface area contributed by atoms with Crippen LogP contribution in [-0.4, -0.2) is 56.1 Å². The third-order valence-electron chi connectivity index (χ3n) is 4.08. The molecule has 3 heteroatoms. The molecule has 0 aliphatic carbocycles. The lowest BCUT2D eigenvalue weighted by molar-refractivity contribution is 0.246. The molecule has 0 saturated carbocycles. The molecule has 1 saturated heterocycles. The number of nitrogens with two attached hydrogens (primary N) is 1. The average molecular weight is 227 g/mol. The molecule has 1 aliphatic rings. The molecule has 0 aromatic heterocycles. The Kier molecular flexibility index (Phi) is 5.73. The first-order chi connectivity index (χ1) is 7.58. The summed E-state index contributed by atoms with van der Waals surface area (Å²) in [6.07, 6.45) is 2.48. The zero-order valence-corrected chi connectivity index (χ0v) is 11.4. The lowest BCUT2D eigenvalue weighted by Gasteiger charge is -2.23. The Morgan fingerprint density at radius 1 is 1.38 bits per heavy atom. The van der Waals surface area contributed by atoms with Crippen LogP contribution in [0.4, 0.5) is 0 Å². The van der Waals surface area contributed by atoms with E-state index in [1.165, 1.54) is 32.5 Å². The first-order valence-corrected chi connectivity index (χ1v) is 6.67. The van der Waals surface area contributed by atoms with E-state index in [-0.39, 0.29) is 0 Å². The molecule has 96 valence electrons. The lowest BCUT2D eigenvalue weighted by atomic mass is 10.0. The third kappa shape index (κ3) is 3.72. The van der Waals surface area contributed by atoms with Crippen molar-refractivity contribution in [2.45, 2.75) is 32.7 Å². The Morgan fingerprint density at radius 2 is 2.06 bits per heavy atom. The highest BCUT2D eigenvalue weighted by atomic mass is 15.2. The largest absolute Gasteiger partial charge is 0.330 e. The van der Waals surface area contributed by atoms with Crippen molar-refractivity contribution in [3.8, 4) is 0 Å². The number of likely N-dealkylation sites (N-methyl/N-ethyl adjacent to an activating group) is 1. The summed E-state index contributed by atoms with van der Waals surface area (Å²) < 4.78 is 0. The highest BCUT2D eigenvalue weighted by molar-refractivity contribution is 4.86. The van der Waals surface area contributed by atoms with Gasteiger partial charge in [0.25, 0.3) is 0 Å². The summed E-state index contributed by atoms with van der Waals surface area (Å²) in [5, 5.41) is 0. The van der Waals surface area contributed by atoms with E-state index in [0.717, 1.165) is 18.5 Å². The van der Waals surface area contributed by atoms with Gasteiger partial charge in [-0.05, 0) is 45.4 Å². The lowest BCUT2D eigenvalue weighted by Crippen LogP contribution is -2.34. The Hall–Kier alpha value is -0.120.